The van der Waals surface area contributed by atoms with Gasteiger partial charge in [0.15, 0.2) is 0 Å². The van der Waals surface area contributed by atoms with E-state index < -0.39 is 0 Å². The van der Waals surface area contributed by atoms with E-state index in [-0.39, 0.29) is 11.9 Å². The largest absolute Gasteiger partial charge is 0.354 e. The molecule has 6 heteroatoms. The first-order valence-corrected chi connectivity index (χ1v) is 6.92. The van der Waals surface area contributed by atoms with Gasteiger partial charge >= 0.3 is 0 Å². The second kappa shape index (κ2) is 7.89. The molecule has 1 unspecified atom stereocenters. The van der Waals surface area contributed by atoms with Crippen LogP contribution in [0, 0.1) is 5.92 Å². The van der Waals surface area contributed by atoms with Gasteiger partial charge in [0, 0.05) is 13.1 Å². The SMILES string of the molecule is CCCn1ncnc1CNC(C)C(=O)NCC(C)C. The molecular weight excluding hydrogens is 242 g/mol. The fraction of sp³-hybridized carbons (Fsp3) is 0.769. The number of aryl methyl sites for hydroxylation is 1. The summed E-state index contributed by atoms with van der Waals surface area (Å²) in [6.07, 6.45) is 2.57. The molecule has 1 aromatic heterocycles. The van der Waals surface area contributed by atoms with Gasteiger partial charge in [-0.15, -0.1) is 0 Å². The van der Waals surface area contributed by atoms with E-state index >= 15 is 0 Å². The van der Waals surface area contributed by atoms with Crippen molar-refractivity contribution < 1.29 is 4.79 Å². The number of nitrogens with one attached hydrogen (secondary N) is 2. The molecule has 0 saturated heterocycles. The summed E-state index contributed by atoms with van der Waals surface area (Å²) in [5.41, 5.74) is 0. The van der Waals surface area contributed by atoms with Crippen LogP contribution in [-0.2, 0) is 17.9 Å². The van der Waals surface area contributed by atoms with Crippen molar-refractivity contribution in [3.05, 3.63) is 12.2 Å². The van der Waals surface area contributed by atoms with Gasteiger partial charge in [0.2, 0.25) is 5.91 Å². The molecule has 0 radical (unpaired) electrons. The van der Waals surface area contributed by atoms with Crippen molar-refractivity contribution in [2.45, 2.75) is 53.2 Å². The summed E-state index contributed by atoms with van der Waals surface area (Å²) in [6, 6.07) is -0.231. The Morgan fingerprint density at radius 3 is 2.79 bits per heavy atom. The van der Waals surface area contributed by atoms with Gasteiger partial charge in [0.25, 0.3) is 0 Å². The number of hydrogen-bond donors (Lipinski definition) is 2. The Hall–Kier alpha value is -1.43. The molecule has 1 rings (SSSR count). The summed E-state index contributed by atoms with van der Waals surface area (Å²) in [5, 5.41) is 10.2. The van der Waals surface area contributed by atoms with Crippen LogP contribution in [0.2, 0.25) is 0 Å². The van der Waals surface area contributed by atoms with Crippen LogP contribution < -0.4 is 10.6 Å². The van der Waals surface area contributed by atoms with Crippen LogP contribution in [0.25, 0.3) is 0 Å². The molecule has 1 aromatic rings. The number of carbonyl (C=O) groups is 1. The van der Waals surface area contributed by atoms with Crippen LogP contribution in [0.1, 0.15) is 39.9 Å². The third-order valence-corrected chi connectivity index (χ3v) is 2.78. The van der Waals surface area contributed by atoms with Crippen LogP contribution in [-0.4, -0.2) is 33.3 Å². The van der Waals surface area contributed by atoms with E-state index in [1.165, 1.54) is 0 Å². The number of nitrogens with zero attached hydrogens (tertiary/aromatic N) is 3. The summed E-state index contributed by atoms with van der Waals surface area (Å²) in [7, 11) is 0. The second-order valence-electron chi connectivity index (χ2n) is 5.14. The zero-order chi connectivity index (χ0) is 14.3. The molecule has 1 amide bonds. The first kappa shape index (κ1) is 15.6. The maximum atomic E-state index is 11.8. The quantitative estimate of drug-likeness (QED) is 0.735. The van der Waals surface area contributed by atoms with Crippen LogP contribution in [0.3, 0.4) is 0 Å². The molecule has 0 spiro atoms. The maximum absolute atomic E-state index is 11.8. The lowest BCUT2D eigenvalue weighted by Gasteiger charge is -2.15. The molecule has 108 valence electrons. The minimum atomic E-state index is -0.231. The Bertz CT molecular complexity index is 388. The molecular formula is C13H25N5O. The van der Waals surface area contributed by atoms with Crippen molar-refractivity contribution in [1.82, 2.24) is 25.4 Å². The predicted molar refractivity (Wildman–Crippen MR) is 74.5 cm³/mol. The van der Waals surface area contributed by atoms with E-state index in [9.17, 15) is 4.79 Å². The monoisotopic (exact) mass is 267 g/mol. The van der Waals surface area contributed by atoms with Gasteiger partial charge in [-0.3, -0.25) is 10.1 Å². The number of aromatic nitrogens is 3. The predicted octanol–water partition coefficient (Wildman–Crippen LogP) is 0.938. The van der Waals surface area contributed by atoms with Crippen LogP contribution in [0.5, 0.6) is 0 Å². The highest BCUT2D eigenvalue weighted by Gasteiger charge is 2.13. The average molecular weight is 267 g/mol. The molecule has 0 fully saturated rings. The first-order valence-electron chi connectivity index (χ1n) is 6.92. The molecule has 0 aliphatic carbocycles. The topological polar surface area (TPSA) is 71.8 Å². The molecule has 0 bridgehead atoms. The van der Waals surface area contributed by atoms with Gasteiger partial charge in [-0.1, -0.05) is 20.8 Å². The summed E-state index contributed by atoms with van der Waals surface area (Å²) >= 11 is 0. The fourth-order valence-corrected chi connectivity index (χ4v) is 1.62. The molecule has 0 aromatic carbocycles. The van der Waals surface area contributed by atoms with Gasteiger partial charge in [0.1, 0.15) is 12.2 Å². The highest BCUT2D eigenvalue weighted by atomic mass is 16.2. The number of amides is 1. The van der Waals surface area contributed by atoms with Crippen molar-refractivity contribution in [2.75, 3.05) is 6.54 Å². The number of hydrogen-bond acceptors (Lipinski definition) is 4. The average Bonchev–Trinajstić information content (AvgIpc) is 2.81. The molecule has 1 atom stereocenters. The lowest BCUT2D eigenvalue weighted by Crippen LogP contribution is -2.43. The fourth-order valence-electron chi connectivity index (χ4n) is 1.62. The molecule has 0 aliphatic rings. The third kappa shape index (κ3) is 5.38. The Kier molecular flexibility index (Phi) is 6.49. The highest BCUT2D eigenvalue weighted by molar-refractivity contribution is 5.81. The lowest BCUT2D eigenvalue weighted by atomic mass is 10.2. The summed E-state index contributed by atoms with van der Waals surface area (Å²) in [6.45, 7) is 10.2. The van der Waals surface area contributed by atoms with Crippen molar-refractivity contribution in [3.63, 3.8) is 0 Å². The van der Waals surface area contributed by atoms with E-state index in [0.717, 1.165) is 18.8 Å². The molecule has 0 aliphatic heterocycles. The van der Waals surface area contributed by atoms with Crippen LogP contribution >= 0.6 is 0 Å². The molecule has 2 N–H and O–H groups in total. The van der Waals surface area contributed by atoms with Gasteiger partial charge < -0.3 is 5.32 Å². The lowest BCUT2D eigenvalue weighted by molar-refractivity contribution is -0.122. The van der Waals surface area contributed by atoms with Crippen LogP contribution in [0.4, 0.5) is 0 Å². The smallest absolute Gasteiger partial charge is 0.236 e. The second-order valence-corrected chi connectivity index (χ2v) is 5.14. The van der Waals surface area contributed by atoms with E-state index in [0.29, 0.717) is 19.0 Å². The standard InChI is InChI=1S/C13H25N5O/c1-5-6-18-12(16-9-17-18)8-14-11(4)13(19)15-7-10(2)3/h9-11,14H,5-8H2,1-4H3,(H,15,19). The van der Waals surface area contributed by atoms with Crippen molar-refractivity contribution in [1.29, 1.82) is 0 Å². The first-order chi connectivity index (χ1) is 9.04. The van der Waals surface area contributed by atoms with Crippen LogP contribution in [0.15, 0.2) is 6.33 Å². The van der Waals surface area contributed by atoms with E-state index in [1.807, 2.05) is 11.6 Å². The van der Waals surface area contributed by atoms with Gasteiger partial charge in [-0.25, -0.2) is 9.67 Å². The Balaban J connectivity index is 2.38. The van der Waals surface area contributed by atoms with Crippen molar-refractivity contribution in [3.8, 4) is 0 Å². The minimum absolute atomic E-state index is 0.0234. The van der Waals surface area contributed by atoms with Gasteiger partial charge in [0.05, 0.1) is 12.6 Å². The van der Waals surface area contributed by atoms with Crippen molar-refractivity contribution >= 4 is 5.91 Å². The van der Waals surface area contributed by atoms with E-state index in [2.05, 4.69) is 41.5 Å². The van der Waals surface area contributed by atoms with E-state index in [4.69, 9.17) is 0 Å². The van der Waals surface area contributed by atoms with Gasteiger partial charge in [-0.05, 0) is 19.3 Å². The highest BCUT2D eigenvalue weighted by Crippen LogP contribution is 1.97. The molecule has 0 saturated carbocycles. The Morgan fingerprint density at radius 1 is 1.42 bits per heavy atom. The zero-order valence-corrected chi connectivity index (χ0v) is 12.3. The minimum Gasteiger partial charge on any atom is -0.354 e. The van der Waals surface area contributed by atoms with Crippen molar-refractivity contribution in [2.24, 2.45) is 5.92 Å². The Labute approximate surface area is 115 Å². The third-order valence-electron chi connectivity index (χ3n) is 2.78. The molecule has 1 heterocycles. The van der Waals surface area contributed by atoms with E-state index in [1.54, 1.807) is 6.33 Å². The zero-order valence-electron chi connectivity index (χ0n) is 12.3. The van der Waals surface area contributed by atoms with Gasteiger partial charge in [-0.2, -0.15) is 5.10 Å². The normalized spacial score (nSPS) is 12.7. The summed E-state index contributed by atoms with van der Waals surface area (Å²) in [4.78, 5) is 16.0. The summed E-state index contributed by atoms with van der Waals surface area (Å²) < 4.78 is 1.87. The Morgan fingerprint density at radius 2 is 2.16 bits per heavy atom. The summed E-state index contributed by atoms with van der Waals surface area (Å²) in [5.74, 6) is 1.35. The number of rotatable bonds is 8. The molecule has 19 heavy (non-hydrogen) atoms. The number of carbonyl (C=O) groups excluding carboxylic acids is 1. The maximum Gasteiger partial charge on any atom is 0.236 e. The molecule has 6 nitrogen and oxygen atoms in total.